The summed E-state index contributed by atoms with van der Waals surface area (Å²) in [5.74, 6) is -0.527. The van der Waals surface area contributed by atoms with Crippen LogP contribution in [0.15, 0.2) is 59.4 Å². The molecule has 3 heterocycles. The Bertz CT molecular complexity index is 1250. The highest BCUT2D eigenvalue weighted by Gasteiger charge is 2.27. The number of nitrogens with one attached hydrogen (secondary N) is 1. The monoisotopic (exact) mass is 460 g/mol. The second-order valence-corrected chi connectivity index (χ2v) is 8.52. The SMILES string of the molecule is O=C(Nc1ccc2c(c1)CCN2C(=O)c1ccoc1)c1cc([N+](=O)[O-])ccc1N1CCCCC1. The number of rotatable bonds is 5. The molecule has 0 spiro atoms. The minimum absolute atomic E-state index is 0.117. The minimum atomic E-state index is -0.488. The third-order valence-corrected chi connectivity index (χ3v) is 6.38. The molecule has 0 radical (unpaired) electrons. The predicted molar refractivity (Wildman–Crippen MR) is 128 cm³/mol. The molecule has 3 aromatic rings. The fraction of sp³-hybridized carbons (Fsp3) is 0.280. The Morgan fingerprint density at radius 3 is 2.50 bits per heavy atom. The van der Waals surface area contributed by atoms with E-state index in [9.17, 15) is 19.7 Å². The zero-order chi connectivity index (χ0) is 23.7. The topological polar surface area (TPSA) is 109 Å². The smallest absolute Gasteiger partial charge is 0.270 e. The fourth-order valence-electron chi connectivity index (χ4n) is 4.66. The number of hydrogen-bond acceptors (Lipinski definition) is 6. The van der Waals surface area contributed by atoms with Gasteiger partial charge in [-0.15, -0.1) is 0 Å². The van der Waals surface area contributed by atoms with Gasteiger partial charge in [0.2, 0.25) is 0 Å². The molecule has 1 fully saturated rings. The average Bonchev–Trinajstić information content (AvgIpc) is 3.54. The van der Waals surface area contributed by atoms with Gasteiger partial charge in [-0.25, -0.2) is 0 Å². The molecule has 2 aliphatic rings. The van der Waals surface area contributed by atoms with Gasteiger partial charge in [0, 0.05) is 43.1 Å². The fourth-order valence-corrected chi connectivity index (χ4v) is 4.66. The van der Waals surface area contributed by atoms with Gasteiger partial charge in [-0.2, -0.15) is 0 Å². The first-order valence-electron chi connectivity index (χ1n) is 11.3. The Balaban J connectivity index is 1.39. The van der Waals surface area contributed by atoms with Crippen LogP contribution in [0.4, 0.5) is 22.7 Å². The molecular formula is C25H24N4O5. The van der Waals surface area contributed by atoms with E-state index >= 15 is 0 Å². The number of nitro groups is 1. The van der Waals surface area contributed by atoms with Gasteiger partial charge >= 0.3 is 0 Å². The van der Waals surface area contributed by atoms with Crippen LogP contribution in [0.3, 0.4) is 0 Å². The molecule has 2 amide bonds. The number of non-ortho nitro benzene ring substituents is 1. The number of nitro benzene ring substituents is 1. The van der Waals surface area contributed by atoms with Crippen molar-refractivity contribution in [1.29, 1.82) is 0 Å². The second-order valence-electron chi connectivity index (χ2n) is 8.52. The van der Waals surface area contributed by atoms with Crippen molar-refractivity contribution in [3.05, 3.63) is 81.8 Å². The third kappa shape index (κ3) is 4.12. The van der Waals surface area contributed by atoms with Crippen molar-refractivity contribution in [2.75, 3.05) is 34.8 Å². The van der Waals surface area contributed by atoms with Crippen LogP contribution in [-0.2, 0) is 6.42 Å². The molecule has 0 saturated carbocycles. The summed E-state index contributed by atoms with van der Waals surface area (Å²) < 4.78 is 5.02. The van der Waals surface area contributed by atoms with E-state index in [-0.39, 0.29) is 17.2 Å². The van der Waals surface area contributed by atoms with E-state index < -0.39 is 10.8 Å². The van der Waals surface area contributed by atoms with Crippen molar-refractivity contribution in [3.63, 3.8) is 0 Å². The Morgan fingerprint density at radius 2 is 1.76 bits per heavy atom. The lowest BCUT2D eigenvalue weighted by molar-refractivity contribution is -0.384. The van der Waals surface area contributed by atoms with Crippen molar-refractivity contribution in [3.8, 4) is 0 Å². The molecule has 0 bridgehead atoms. The van der Waals surface area contributed by atoms with Crippen LogP contribution in [0.2, 0.25) is 0 Å². The molecule has 1 aromatic heterocycles. The normalized spacial score (nSPS) is 15.2. The lowest BCUT2D eigenvalue weighted by Crippen LogP contribution is -2.31. The van der Waals surface area contributed by atoms with E-state index in [1.54, 1.807) is 23.1 Å². The summed E-state index contributed by atoms with van der Waals surface area (Å²) in [6.45, 7) is 2.18. The van der Waals surface area contributed by atoms with E-state index in [0.717, 1.165) is 43.6 Å². The molecule has 2 aliphatic heterocycles. The van der Waals surface area contributed by atoms with Gasteiger partial charge in [0.1, 0.15) is 6.26 Å². The van der Waals surface area contributed by atoms with Crippen LogP contribution in [-0.4, -0.2) is 36.4 Å². The number of hydrogen-bond donors (Lipinski definition) is 1. The van der Waals surface area contributed by atoms with Gasteiger partial charge in [0.05, 0.1) is 28.0 Å². The number of carbonyl (C=O) groups is 2. The number of fused-ring (bicyclic) bond motifs is 1. The highest BCUT2D eigenvalue weighted by Crippen LogP contribution is 2.33. The summed E-state index contributed by atoms with van der Waals surface area (Å²) in [6, 6.07) is 11.5. The first kappa shape index (κ1) is 21.7. The summed E-state index contributed by atoms with van der Waals surface area (Å²) in [5, 5.41) is 14.2. The number of anilines is 3. The average molecular weight is 460 g/mol. The quantitative estimate of drug-likeness (QED) is 0.439. The van der Waals surface area contributed by atoms with Gasteiger partial charge in [-0.3, -0.25) is 19.7 Å². The van der Waals surface area contributed by atoms with Gasteiger partial charge in [0.25, 0.3) is 17.5 Å². The van der Waals surface area contributed by atoms with Crippen molar-refractivity contribution in [2.45, 2.75) is 25.7 Å². The van der Waals surface area contributed by atoms with E-state index in [1.165, 1.54) is 24.7 Å². The Morgan fingerprint density at radius 1 is 0.971 bits per heavy atom. The molecule has 34 heavy (non-hydrogen) atoms. The van der Waals surface area contributed by atoms with E-state index in [4.69, 9.17) is 4.42 Å². The third-order valence-electron chi connectivity index (χ3n) is 6.38. The summed E-state index contributed by atoms with van der Waals surface area (Å²) in [7, 11) is 0. The van der Waals surface area contributed by atoms with Crippen molar-refractivity contribution in [1.82, 2.24) is 0 Å². The molecule has 5 rings (SSSR count). The zero-order valence-corrected chi connectivity index (χ0v) is 18.5. The lowest BCUT2D eigenvalue weighted by Gasteiger charge is -2.30. The highest BCUT2D eigenvalue weighted by atomic mass is 16.6. The molecule has 1 saturated heterocycles. The van der Waals surface area contributed by atoms with Crippen LogP contribution in [0, 0.1) is 10.1 Å². The minimum Gasteiger partial charge on any atom is -0.472 e. The molecule has 0 unspecified atom stereocenters. The summed E-state index contributed by atoms with van der Waals surface area (Å²) in [6.07, 6.45) is 6.75. The second kappa shape index (κ2) is 9.01. The number of nitrogens with zero attached hydrogens (tertiary/aromatic N) is 3. The molecular weight excluding hydrogens is 436 g/mol. The first-order valence-corrected chi connectivity index (χ1v) is 11.3. The van der Waals surface area contributed by atoms with Crippen LogP contribution < -0.4 is 15.1 Å². The predicted octanol–water partition coefficient (Wildman–Crippen LogP) is 4.63. The maximum atomic E-state index is 13.2. The molecule has 9 heteroatoms. The molecule has 2 aromatic carbocycles. The maximum absolute atomic E-state index is 13.2. The largest absolute Gasteiger partial charge is 0.472 e. The van der Waals surface area contributed by atoms with E-state index in [2.05, 4.69) is 10.2 Å². The van der Waals surface area contributed by atoms with Gasteiger partial charge < -0.3 is 19.5 Å². The molecule has 1 N–H and O–H groups in total. The molecule has 0 atom stereocenters. The van der Waals surface area contributed by atoms with Gasteiger partial charge in [0.15, 0.2) is 0 Å². The van der Waals surface area contributed by atoms with E-state index in [0.29, 0.717) is 29.9 Å². The van der Waals surface area contributed by atoms with Crippen molar-refractivity contribution < 1.29 is 18.9 Å². The standard InChI is InChI=1S/C25H24N4O5/c30-24(21-15-20(29(32)33)5-7-23(21)27-10-2-1-3-11-27)26-19-4-6-22-17(14-19)8-12-28(22)25(31)18-9-13-34-16-18/h4-7,9,13-16H,1-3,8,10-12H2,(H,26,30). The number of carbonyl (C=O) groups excluding carboxylic acids is 2. The van der Waals surface area contributed by atoms with Gasteiger partial charge in [-0.1, -0.05) is 0 Å². The Labute approximate surface area is 196 Å². The van der Waals surface area contributed by atoms with Crippen LogP contribution in [0.1, 0.15) is 45.5 Å². The van der Waals surface area contributed by atoms with Crippen LogP contribution in [0.5, 0.6) is 0 Å². The molecule has 9 nitrogen and oxygen atoms in total. The van der Waals surface area contributed by atoms with Gasteiger partial charge in [-0.05, 0) is 61.6 Å². The maximum Gasteiger partial charge on any atom is 0.270 e. The van der Waals surface area contributed by atoms with E-state index in [1.807, 2.05) is 12.1 Å². The number of piperidine rings is 1. The molecule has 174 valence electrons. The number of furan rings is 1. The Hall–Kier alpha value is -4.14. The Kier molecular flexibility index (Phi) is 5.75. The highest BCUT2D eigenvalue weighted by molar-refractivity contribution is 6.09. The molecule has 0 aliphatic carbocycles. The first-order chi connectivity index (χ1) is 16.5. The number of amides is 2. The van der Waals surface area contributed by atoms with Crippen molar-refractivity contribution >= 4 is 34.6 Å². The van der Waals surface area contributed by atoms with Crippen LogP contribution >= 0.6 is 0 Å². The summed E-state index contributed by atoms with van der Waals surface area (Å²) in [4.78, 5) is 40.6. The summed E-state index contributed by atoms with van der Waals surface area (Å²) in [5.41, 5.74) is 3.69. The zero-order valence-electron chi connectivity index (χ0n) is 18.5. The summed E-state index contributed by atoms with van der Waals surface area (Å²) >= 11 is 0. The van der Waals surface area contributed by atoms with Crippen LogP contribution in [0.25, 0.3) is 0 Å². The lowest BCUT2D eigenvalue weighted by atomic mass is 10.1. The number of benzene rings is 2. The van der Waals surface area contributed by atoms with Crippen molar-refractivity contribution in [2.24, 2.45) is 0 Å².